The third-order valence-electron chi connectivity index (χ3n) is 3.06. The largest absolute Gasteiger partial charge is 0.302 e. The second-order valence-electron chi connectivity index (χ2n) is 4.57. The maximum atomic E-state index is 4.40. The second-order valence-corrected chi connectivity index (χ2v) is 5.56. The summed E-state index contributed by atoms with van der Waals surface area (Å²) in [7, 11) is 2.19. The zero-order valence-corrected chi connectivity index (χ0v) is 11.9. The minimum Gasteiger partial charge on any atom is -0.302 e. The van der Waals surface area contributed by atoms with Crippen LogP contribution in [0, 0.1) is 0 Å². The minimum atomic E-state index is 0.997. The Hall–Kier alpha value is -1.06. The molecule has 0 atom stereocenters. The van der Waals surface area contributed by atoms with Gasteiger partial charge in [-0.05, 0) is 49.7 Å². The van der Waals surface area contributed by atoms with Crippen LogP contribution in [0.25, 0.3) is 10.9 Å². The summed E-state index contributed by atoms with van der Waals surface area (Å²) in [6.45, 7) is 2.15. The lowest BCUT2D eigenvalue weighted by atomic mass is 10.1. The molecule has 2 rings (SSSR count). The molecule has 1 heterocycles. The Labute approximate surface area is 113 Å². The molecule has 0 aliphatic heterocycles. The highest BCUT2D eigenvalue weighted by Crippen LogP contribution is 2.17. The summed E-state index contributed by atoms with van der Waals surface area (Å²) in [6, 6.07) is 10.6. The van der Waals surface area contributed by atoms with Gasteiger partial charge in [-0.25, -0.2) is 0 Å². The number of benzene rings is 1. The van der Waals surface area contributed by atoms with Crippen LogP contribution >= 0.6 is 11.8 Å². The van der Waals surface area contributed by atoms with E-state index in [4.69, 9.17) is 0 Å². The lowest BCUT2D eigenvalue weighted by Gasteiger charge is -2.17. The fourth-order valence-corrected chi connectivity index (χ4v) is 2.57. The number of fused-ring (bicyclic) bond motifs is 1. The Balaban J connectivity index is 2.07. The third kappa shape index (κ3) is 3.47. The third-order valence-corrected chi connectivity index (χ3v) is 3.76. The van der Waals surface area contributed by atoms with Crippen LogP contribution in [-0.2, 0) is 6.54 Å². The molecule has 0 radical (unpaired) electrons. The first-order valence-corrected chi connectivity index (χ1v) is 7.71. The monoisotopic (exact) mass is 260 g/mol. The number of thioether (sulfide) groups is 1. The molecule has 1 aromatic carbocycles. The van der Waals surface area contributed by atoms with Crippen molar-refractivity contribution in [2.45, 2.75) is 13.0 Å². The summed E-state index contributed by atoms with van der Waals surface area (Å²) in [5.74, 6) is 1.24. The lowest BCUT2D eigenvalue weighted by molar-refractivity contribution is 0.330. The maximum Gasteiger partial charge on any atom is 0.0705 e. The quantitative estimate of drug-likeness (QED) is 0.740. The van der Waals surface area contributed by atoms with Crippen LogP contribution in [0.1, 0.15) is 12.0 Å². The van der Waals surface area contributed by atoms with Crippen molar-refractivity contribution in [1.82, 2.24) is 9.88 Å². The average molecular weight is 260 g/mol. The predicted octanol–water partition coefficient (Wildman–Crippen LogP) is 3.42. The molecule has 0 bridgehead atoms. The zero-order chi connectivity index (χ0) is 12.8. The SMILES string of the molecule is CSCCCN(C)Cc1cccc2ncccc12. The van der Waals surface area contributed by atoms with Gasteiger partial charge in [-0.2, -0.15) is 11.8 Å². The van der Waals surface area contributed by atoms with Crippen molar-refractivity contribution in [3.63, 3.8) is 0 Å². The molecule has 2 aromatic rings. The van der Waals surface area contributed by atoms with E-state index in [1.54, 1.807) is 0 Å². The van der Waals surface area contributed by atoms with Gasteiger partial charge in [-0.3, -0.25) is 4.98 Å². The molecular formula is C15H20N2S. The first-order valence-electron chi connectivity index (χ1n) is 6.31. The van der Waals surface area contributed by atoms with Crippen molar-refractivity contribution >= 4 is 22.7 Å². The van der Waals surface area contributed by atoms with Crippen molar-refractivity contribution in [3.05, 3.63) is 42.1 Å². The molecule has 18 heavy (non-hydrogen) atoms. The molecule has 0 spiro atoms. The standard InChI is InChI=1S/C15H20N2S/c1-17(10-5-11-18-2)12-13-6-3-8-15-14(13)7-4-9-16-15/h3-4,6-9H,5,10-12H2,1-2H3. The van der Waals surface area contributed by atoms with Crippen LogP contribution in [-0.4, -0.2) is 35.5 Å². The molecular weight excluding hydrogens is 240 g/mol. The lowest BCUT2D eigenvalue weighted by Crippen LogP contribution is -2.19. The van der Waals surface area contributed by atoms with E-state index in [0.717, 1.165) is 18.6 Å². The first-order chi connectivity index (χ1) is 8.81. The normalized spacial score (nSPS) is 11.3. The van der Waals surface area contributed by atoms with Gasteiger partial charge in [0, 0.05) is 18.1 Å². The predicted molar refractivity (Wildman–Crippen MR) is 81.1 cm³/mol. The van der Waals surface area contributed by atoms with E-state index < -0.39 is 0 Å². The molecule has 0 saturated heterocycles. The summed E-state index contributed by atoms with van der Waals surface area (Å²) in [6.07, 6.45) is 5.27. The van der Waals surface area contributed by atoms with E-state index in [1.807, 2.05) is 24.0 Å². The Morgan fingerprint density at radius 3 is 2.94 bits per heavy atom. The van der Waals surface area contributed by atoms with Crippen molar-refractivity contribution in [1.29, 1.82) is 0 Å². The van der Waals surface area contributed by atoms with Crippen LogP contribution < -0.4 is 0 Å². The fourth-order valence-electron chi connectivity index (χ4n) is 2.15. The molecule has 0 unspecified atom stereocenters. The molecule has 0 aliphatic carbocycles. The number of hydrogen-bond donors (Lipinski definition) is 0. The topological polar surface area (TPSA) is 16.1 Å². The van der Waals surface area contributed by atoms with Crippen LogP contribution in [0.4, 0.5) is 0 Å². The van der Waals surface area contributed by atoms with Crippen LogP contribution in [0.5, 0.6) is 0 Å². The summed E-state index contributed by atoms with van der Waals surface area (Å²) in [5.41, 5.74) is 2.46. The number of nitrogens with zero attached hydrogens (tertiary/aromatic N) is 2. The van der Waals surface area contributed by atoms with Gasteiger partial charge in [0.2, 0.25) is 0 Å². The molecule has 0 aliphatic rings. The number of hydrogen-bond acceptors (Lipinski definition) is 3. The Kier molecular flexibility index (Phi) is 5.02. The molecule has 0 fully saturated rings. The molecule has 3 heteroatoms. The molecule has 96 valence electrons. The fraction of sp³-hybridized carbons (Fsp3) is 0.400. The van der Waals surface area contributed by atoms with E-state index in [0.29, 0.717) is 0 Å². The smallest absolute Gasteiger partial charge is 0.0705 e. The van der Waals surface area contributed by atoms with Crippen molar-refractivity contribution in [2.24, 2.45) is 0 Å². The summed E-state index contributed by atoms with van der Waals surface area (Å²) in [5, 5.41) is 1.27. The second kappa shape index (κ2) is 6.76. The Morgan fingerprint density at radius 2 is 2.11 bits per heavy atom. The van der Waals surface area contributed by atoms with Gasteiger partial charge in [-0.1, -0.05) is 18.2 Å². The Morgan fingerprint density at radius 1 is 1.22 bits per heavy atom. The van der Waals surface area contributed by atoms with E-state index in [-0.39, 0.29) is 0 Å². The van der Waals surface area contributed by atoms with Gasteiger partial charge in [0.15, 0.2) is 0 Å². The summed E-state index contributed by atoms with van der Waals surface area (Å²) >= 11 is 1.92. The van der Waals surface area contributed by atoms with Gasteiger partial charge in [0.25, 0.3) is 0 Å². The van der Waals surface area contributed by atoms with E-state index in [2.05, 4.69) is 47.5 Å². The van der Waals surface area contributed by atoms with E-state index >= 15 is 0 Å². The molecule has 1 aromatic heterocycles. The summed E-state index contributed by atoms with van der Waals surface area (Å²) in [4.78, 5) is 6.79. The number of pyridine rings is 1. The maximum absolute atomic E-state index is 4.40. The minimum absolute atomic E-state index is 0.997. The molecule has 2 nitrogen and oxygen atoms in total. The zero-order valence-electron chi connectivity index (χ0n) is 11.1. The highest BCUT2D eigenvalue weighted by molar-refractivity contribution is 7.98. The van der Waals surface area contributed by atoms with Crippen LogP contribution in [0.3, 0.4) is 0 Å². The highest BCUT2D eigenvalue weighted by atomic mass is 32.2. The van der Waals surface area contributed by atoms with Crippen molar-refractivity contribution in [3.8, 4) is 0 Å². The van der Waals surface area contributed by atoms with E-state index in [9.17, 15) is 0 Å². The molecule has 0 N–H and O–H groups in total. The van der Waals surface area contributed by atoms with Crippen molar-refractivity contribution in [2.75, 3.05) is 25.6 Å². The summed E-state index contributed by atoms with van der Waals surface area (Å²) < 4.78 is 0. The Bertz CT molecular complexity index is 493. The number of aromatic nitrogens is 1. The highest BCUT2D eigenvalue weighted by Gasteiger charge is 2.04. The van der Waals surface area contributed by atoms with Gasteiger partial charge >= 0.3 is 0 Å². The van der Waals surface area contributed by atoms with Gasteiger partial charge < -0.3 is 4.90 Å². The molecule has 0 amide bonds. The van der Waals surface area contributed by atoms with E-state index in [1.165, 1.54) is 23.1 Å². The van der Waals surface area contributed by atoms with Crippen LogP contribution in [0.2, 0.25) is 0 Å². The molecule has 0 saturated carbocycles. The van der Waals surface area contributed by atoms with Crippen LogP contribution in [0.15, 0.2) is 36.5 Å². The first kappa shape index (κ1) is 13.4. The number of rotatable bonds is 6. The van der Waals surface area contributed by atoms with Gasteiger partial charge in [0.05, 0.1) is 5.52 Å². The van der Waals surface area contributed by atoms with Gasteiger partial charge in [0.1, 0.15) is 0 Å². The van der Waals surface area contributed by atoms with Gasteiger partial charge in [-0.15, -0.1) is 0 Å². The average Bonchev–Trinajstić information content (AvgIpc) is 2.39. The van der Waals surface area contributed by atoms with Crippen molar-refractivity contribution < 1.29 is 0 Å².